The van der Waals surface area contributed by atoms with Crippen molar-refractivity contribution < 1.29 is 4.74 Å². The van der Waals surface area contributed by atoms with E-state index in [1.165, 1.54) is 0 Å². The summed E-state index contributed by atoms with van der Waals surface area (Å²) >= 11 is 3.50. The smallest absolute Gasteiger partial charge is 0.153 e. The van der Waals surface area contributed by atoms with Gasteiger partial charge in [0.1, 0.15) is 0 Å². The molecule has 7 heteroatoms. The maximum absolute atomic E-state index is 5.86. The van der Waals surface area contributed by atoms with Crippen molar-refractivity contribution in [2.24, 2.45) is 0 Å². The van der Waals surface area contributed by atoms with Crippen molar-refractivity contribution in [3.63, 3.8) is 0 Å². The summed E-state index contributed by atoms with van der Waals surface area (Å²) in [5.41, 5.74) is 8.80. The van der Waals surface area contributed by atoms with Gasteiger partial charge in [-0.1, -0.05) is 15.9 Å². The van der Waals surface area contributed by atoms with E-state index in [4.69, 9.17) is 10.5 Å². The van der Waals surface area contributed by atoms with Gasteiger partial charge in [-0.05, 0) is 12.1 Å². The Hall–Kier alpha value is -1.86. The number of fused-ring (bicyclic) bond motifs is 1. The van der Waals surface area contributed by atoms with Crippen LogP contribution in [0.15, 0.2) is 29.0 Å². The molecule has 6 nitrogen and oxygen atoms in total. The molecule has 0 aliphatic rings. The molecule has 0 saturated carbocycles. The monoisotopic (exact) mass is 335 g/mol. The molecular weight excluding hydrogens is 322 g/mol. The molecule has 0 aliphatic heterocycles. The van der Waals surface area contributed by atoms with E-state index in [1.807, 2.05) is 29.2 Å². The molecule has 20 heavy (non-hydrogen) atoms. The molecule has 3 rings (SSSR count). The van der Waals surface area contributed by atoms with Crippen molar-refractivity contribution in [3.8, 4) is 11.1 Å². The summed E-state index contributed by atoms with van der Waals surface area (Å²) in [5.74, 6) is 0.495. The van der Waals surface area contributed by atoms with Crippen LogP contribution in [0.2, 0.25) is 0 Å². The Labute approximate surface area is 124 Å². The predicted molar refractivity (Wildman–Crippen MR) is 81.3 cm³/mol. The van der Waals surface area contributed by atoms with Crippen molar-refractivity contribution in [1.29, 1.82) is 0 Å². The lowest BCUT2D eigenvalue weighted by Crippen LogP contribution is -2.03. The first-order valence-corrected chi connectivity index (χ1v) is 6.93. The van der Waals surface area contributed by atoms with Crippen LogP contribution < -0.4 is 5.73 Å². The van der Waals surface area contributed by atoms with Gasteiger partial charge in [0.15, 0.2) is 5.82 Å². The number of nitrogens with zero attached hydrogens (tertiary/aromatic N) is 3. The Morgan fingerprint density at radius 2 is 2.30 bits per heavy atom. The van der Waals surface area contributed by atoms with Crippen LogP contribution in [0.5, 0.6) is 0 Å². The van der Waals surface area contributed by atoms with Crippen LogP contribution in [0.4, 0.5) is 5.82 Å². The highest BCUT2D eigenvalue weighted by Crippen LogP contribution is 2.32. The number of benzene rings is 1. The number of methoxy groups -OCH3 is 1. The van der Waals surface area contributed by atoms with Crippen molar-refractivity contribution in [2.75, 3.05) is 19.5 Å². The van der Waals surface area contributed by atoms with E-state index < -0.39 is 0 Å². The highest BCUT2D eigenvalue weighted by Gasteiger charge is 2.12. The molecule has 0 unspecified atom stereocenters. The molecule has 0 bridgehead atoms. The summed E-state index contributed by atoms with van der Waals surface area (Å²) in [7, 11) is 1.68. The third-order valence-corrected chi connectivity index (χ3v) is 3.59. The number of H-pyrrole nitrogens is 1. The minimum atomic E-state index is 0.495. The molecule has 104 valence electrons. The van der Waals surface area contributed by atoms with Gasteiger partial charge in [0.2, 0.25) is 0 Å². The van der Waals surface area contributed by atoms with E-state index in [-0.39, 0.29) is 0 Å². The number of aromatic nitrogens is 4. The second kappa shape index (κ2) is 5.26. The molecule has 0 amide bonds. The summed E-state index contributed by atoms with van der Waals surface area (Å²) in [6.07, 6.45) is 3.81. The summed E-state index contributed by atoms with van der Waals surface area (Å²) < 4.78 is 7.86. The van der Waals surface area contributed by atoms with Crippen LogP contribution in [0.3, 0.4) is 0 Å². The molecule has 0 radical (unpaired) electrons. The summed E-state index contributed by atoms with van der Waals surface area (Å²) in [4.78, 5) is 0. The molecule has 0 spiro atoms. The topological polar surface area (TPSA) is 81.8 Å². The lowest BCUT2D eigenvalue weighted by molar-refractivity contribution is 0.183. The van der Waals surface area contributed by atoms with Gasteiger partial charge in [-0.3, -0.25) is 9.78 Å². The quantitative estimate of drug-likeness (QED) is 0.767. The van der Waals surface area contributed by atoms with Crippen molar-refractivity contribution in [1.82, 2.24) is 20.0 Å². The van der Waals surface area contributed by atoms with Gasteiger partial charge in [-0.15, -0.1) is 0 Å². The molecule has 0 fully saturated rings. The van der Waals surface area contributed by atoms with E-state index in [0.29, 0.717) is 12.4 Å². The van der Waals surface area contributed by atoms with E-state index in [9.17, 15) is 0 Å². The minimum absolute atomic E-state index is 0.495. The lowest BCUT2D eigenvalue weighted by Gasteiger charge is -2.02. The highest BCUT2D eigenvalue weighted by molar-refractivity contribution is 9.10. The van der Waals surface area contributed by atoms with Crippen molar-refractivity contribution in [2.45, 2.75) is 6.54 Å². The fraction of sp³-hybridized carbons (Fsp3) is 0.231. The number of anilines is 1. The molecule has 2 aromatic heterocycles. The average molecular weight is 336 g/mol. The Morgan fingerprint density at radius 3 is 3.10 bits per heavy atom. The Kier molecular flexibility index (Phi) is 3.45. The number of nitrogen functional groups attached to an aromatic ring is 1. The Bertz CT molecular complexity index is 748. The van der Waals surface area contributed by atoms with E-state index >= 15 is 0 Å². The van der Waals surface area contributed by atoms with Gasteiger partial charge < -0.3 is 10.5 Å². The third kappa shape index (κ3) is 2.30. The van der Waals surface area contributed by atoms with Gasteiger partial charge in [0.05, 0.1) is 24.9 Å². The second-order valence-corrected chi connectivity index (χ2v) is 5.39. The summed E-state index contributed by atoms with van der Waals surface area (Å²) in [6.45, 7) is 1.35. The Morgan fingerprint density at radius 1 is 1.45 bits per heavy atom. The van der Waals surface area contributed by atoms with E-state index in [1.54, 1.807) is 7.11 Å². The number of nitrogens with one attached hydrogen (secondary N) is 1. The number of hydrogen-bond acceptors (Lipinski definition) is 4. The average Bonchev–Trinajstić information content (AvgIpc) is 3.04. The summed E-state index contributed by atoms with van der Waals surface area (Å²) in [5, 5.41) is 12.3. The molecule has 1 aromatic carbocycles. The van der Waals surface area contributed by atoms with Gasteiger partial charge in [-0.25, -0.2) is 0 Å². The number of halogens is 1. The number of nitrogens with two attached hydrogens (primary N) is 1. The van der Waals surface area contributed by atoms with Gasteiger partial charge in [0.25, 0.3) is 0 Å². The van der Waals surface area contributed by atoms with E-state index in [2.05, 4.69) is 31.2 Å². The lowest BCUT2D eigenvalue weighted by atomic mass is 10.1. The van der Waals surface area contributed by atoms with Crippen LogP contribution in [-0.4, -0.2) is 33.7 Å². The zero-order valence-electron chi connectivity index (χ0n) is 10.9. The molecule has 0 atom stereocenters. The number of rotatable bonds is 4. The largest absolute Gasteiger partial charge is 0.383 e. The fourth-order valence-electron chi connectivity index (χ4n) is 2.14. The maximum atomic E-state index is 5.86. The maximum Gasteiger partial charge on any atom is 0.153 e. The highest BCUT2D eigenvalue weighted by atomic mass is 79.9. The first-order chi connectivity index (χ1) is 9.69. The molecule has 3 N–H and O–H groups in total. The van der Waals surface area contributed by atoms with Crippen LogP contribution in [0.25, 0.3) is 22.0 Å². The van der Waals surface area contributed by atoms with Gasteiger partial charge >= 0.3 is 0 Å². The SMILES string of the molecule is COCCn1cc(-c2cc(Br)cc3c(N)n[nH]c23)cn1. The van der Waals surface area contributed by atoms with Gasteiger partial charge in [0, 0.05) is 34.3 Å². The standard InChI is InChI=1S/C13H14BrN5O/c1-20-3-2-19-7-8(6-16-19)10-4-9(14)5-11-12(10)17-18-13(11)15/h4-7H,2-3H2,1H3,(H3,15,17,18). The molecule has 0 saturated heterocycles. The third-order valence-electron chi connectivity index (χ3n) is 3.14. The first-order valence-electron chi connectivity index (χ1n) is 6.14. The van der Waals surface area contributed by atoms with Crippen LogP contribution in [-0.2, 0) is 11.3 Å². The van der Waals surface area contributed by atoms with E-state index in [0.717, 1.165) is 33.0 Å². The van der Waals surface area contributed by atoms with Crippen LogP contribution in [0.1, 0.15) is 0 Å². The first kappa shape index (κ1) is 13.1. The van der Waals surface area contributed by atoms with Crippen LogP contribution in [0, 0.1) is 0 Å². The number of aromatic amines is 1. The van der Waals surface area contributed by atoms with Crippen molar-refractivity contribution >= 4 is 32.7 Å². The zero-order chi connectivity index (χ0) is 14.1. The number of ether oxygens (including phenoxy) is 1. The molecule has 2 heterocycles. The Balaban J connectivity index is 2.07. The second-order valence-electron chi connectivity index (χ2n) is 4.47. The van der Waals surface area contributed by atoms with Gasteiger partial charge in [-0.2, -0.15) is 10.2 Å². The van der Waals surface area contributed by atoms with Crippen LogP contribution >= 0.6 is 15.9 Å². The normalized spacial score (nSPS) is 11.3. The van der Waals surface area contributed by atoms with Crippen molar-refractivity contribution in [3.05, 3.63) is 29.0 Å². The minimum Gasteiger partial charge on any atom is -0.383 e. The number of hydrogen-bond donors (Lipinski definition) is 2. The molecule has 0 aliphatic carbocycles. The predicted octanol–water partition coefficient (Wildman–Crippen LogP) is 2.42. The summed E-state index contributed by atoms with van der Waals surface area (Å²) in [6, 6.07) is 3.98. The zero-order valence-corrected chi connectivity index (χ0v) is 12.5. The molecular formula is C13H14BrN5O. The molecule has 3 aromatic rings. The fourth-order valence-corrected chi connectivity index (χ4v) is 2.60.